The van der Waals surface area contributed by atoms with Gasteiger partial charge in [0, 0.05) is 97.1 Å². The number of nitrogens with two attached hydrogens (primary N) is 1. The topological polar surface area (TPSA) is 236 Å². The van der Waals surface area contributed by atoms with E-state index in [2.05, 4.69) is 22.9 Å². The van der Waals surface area contributed by atoms with Crippen LogP contribution in [0, 0.1) is 17.8 Å². The van der Waals surface area contributed by atoms with Crippen molar-refractivity contribution in [3.63, 3.8) is 0 Å². The summed E-state index contributed by atoms with van der Waals surface area (Å²) in [6.45, 7) is 18.2. The molecular formula is C59H110N4O12. The first-order valence-electron chi connectivity index (χ1n) is 29.4. The van der Waals surface area contributed by atoms with E-state index in [0.717, 1.165) is 51.6 Å². The molecule has 75 heavy (non-hydrogen) atoms. The van der Waals surface area contributed by atoms with Crippen LogP contribution < -0.4 is 21.7 Å². The average Bonchev–Trinajstić information content (AvgIpc) is 3.34. The summed E-state index contributed by atoms with van der Waals surface area (Å²) in [7, 11) is 0. The normalized spacial score (nSPS) is 12.0. The number of amides is 4. The van der Waals surface area contributed by atoms with Gasteiger partial charge in [-0.3, -0.25) is 33.6 Å². The summed E-state index contributed by atoms with van der Waals surface area (Å²) >= 11 is 0. The third-order valence-corrected chi connectivity index (χ3v) is 12.4. The Balaban J connectivity index is 0. The molecule has 0 aromatic heterocycles. The Kier molecular flexibility index (Phi) is 52.7. The highest BCUT2D eigenvalue weighted by atomic mass is 16.5. The highest BCUT2D eigenvalue weighted by Gasteiger charge is 2.21. The SMILES string of the molecule is CC(=O)CCCCCCCCCCCCCCCCC(=O)CC(CCCCNC(C)=O)C(N)=O.CCCOCCOCCCC(=O)CCOCCOCCCC(=O)C(CCCNC(=O)CC(C)C)NC(=O)CC(C)C. The lowest BCUT2D eigenvalue weighted by molar-refractivity contribution is -0.128. The van der Waals surface area contributed by atoms with E-state index in [4.69, 9.17) is 24.7 Å². The molecule has 0 heterocycles. The predicted molar refractivity (Wildman–Crippen MR) is 299 cm³/mol. The van der Waals surface area contributed by atoms with Gasteiger partial charge in [0.2, 0.25) is 23.6 Å². The second-order valence-electron chi connectivity index (χ2n) is 21.2. The molecular weight excluding hydrogens is 957 g/mol. The van der Waals surface area contributed by atoms with E-state index in [1.54, 1.807) is 6.92 Å². The van der Waals surface area contributed by atoms with Crippen molar-refractivity contribution in [1.82, 2.24) is 16.0 Å². The van der Waals surface area contributed by atoms with Gasteiger partial charge in [0.15, 0.2) is 5.78 Å². The number of hydrogen-bond acceptors (Lipinski definition) is 12. The van der Waals surface area contributed by atoms with Crippen molar-refractivity contribution in [2.45, 2.75) is 247 Å². The molecule has 0 aliphatic heterocycles. The fourth-order valence-electron chi connectivity index (χ4n) is 8.23. The van der Waals surface area contributed by atoms with E-state index in [1.165, 1.54) is 77.6 Å². The summed E-state index contributed by atoms with van der Waals surface area (Å²) in [4.78, 5) is 94.4. The summed E-state index contributed by atoms with van der Waals surface area (Å²) in [5.74, 6) is 0.133. The Morgan fingerprint density at radius 2 is 0.893 bits per heavy atom. The molecule has 0 saturated carbocycles. The number of Topliss-reactive ketones (excluding diaryl/α,β-unsaturated/α-hetero) is 4. The molecule has 0 bridgehead atoms. The van der Waals surface area contributed by atoms with Crippen LogP contribution in [0.15, 0.2) is 0 Å². The fourth-order valence-corrected chi connectivity index (χ4v) is 8.23. The quantitative estimate of drug-likeness (QED) is 0.0417. The largest absolute Gasteiger partial charge is 0.379 e. The summed E-state index contributed by atoms with van der Waals surface area (Å²) in [6.07, 6.45) is 26.2. The number of carbonyl (C=O) groups is 8. The van der Waals surface area contributed by atoms with Gasteiger partial charge in [0.1, 0.15) is 17.3 Å². The molecule has 0 rings (SSSR count). The zero-order valence-corrected chi connectivity index (χ0v) is 48.6. The zero-order valence-electron chi connectivity index (χ0n) is 48.6. The molecule has 0 aromatic carbocycles. The molecule has 0 aromatic rings. The third-order valence-electron chi connectivity index (χ3n) is 12.4. The minimum Gasteiger partial charge on any atom is -0.379 e. The standard InChI is InChI=1S/C31H58N2O8.C28H52N2O4/c1-6-15-38-19-20-39-16-8-10-27(34)13-18-41-22-21-40-17-9-12-29(35)28(33-31(37)24-26(4)5)11-7-14-32-30(36)23-25(2)3;1-24(31)19-15-13-11-9-7-5-3-4-6-8-10-12-14-16-21-27(33)23-26(28(29)34)20-17-18-22-30-25(2)32/h25-26,28H,6-24H2,1-5H3,(H,32,36)(H,33,37);26H,3-23H2,1-2H3,(H2,29,34)(H,30,32). The van der Waals surface area contributed by atoms with Crippen LogP contribution in [0.3, 0.4) is 0 Å². The maximum absolute atomic E-state index is 12.8. The highest BCUT2D eigenvalue weighted by molar-refractivity contribution is 5.89. The summed E-state index contributed by atoms with van der Waals surface area (Å²) in [5, 5.41) is 8.49. The van der Waals surface area contributed by atoms with Crippen LogP contribution in [0.5, 0.6) is 0 Å². The molecule has 0 aliphatic carbocycles. The number of ketones is 4. The van der Waals surface area contributed by atoms with Crippen molar-refractivity contribution in [3.05, 3.63) is 0 Å². The minimum absolute atomic E-state index is 0.00426. The Hall–Kier alpha value is -3.60. The number of primary amides is 1. The van der Waals surface area contributed by atoms with E-state index in [9.17, 15) is 38.4 Å². The lowest BCUT2D eigenvalue weighted by atomic mass is 9.93. The van der Waals surface area contributed by atoms with Gasteiger partial charge >= 0.3 is 0 Å². The van der Waals surface area contributed by atoms with Crippen LogP contribution in [0.4, 0.5) is 0 Å². The highest BCUT2D eigenvalue weighted by Crippen LogP contribution is 2.17. The maximum Gasteiger partial charge on any atom is 0.220 e. The number of carbonyl (C=O) groups excluding carboxylic acids is 8. The van der Waals surface area contributed by atoms with Crippen LogP contribution in [0.25, 0.3) is 0 Å². The van der Waals surface area contributed by atoms with Crippen LogP contribution in [0.2, 0.25) is 0 Å². The molecule has 5 N–H and O–H groups in total. The van der Waals surface area contributed by atoms with Gasteiger partial charge in [-0.25, -0.2) is 0 Å². The molecule has 0 fully saturated rings. The Bertz CT molecular complexity index is 1480. The molecule has 0 saturated heterocycles. The fraction of sp³-hybridized carbons (Fsp3) is 0.864. The monoisotopic (exact) mass is 1070 g/mol. The van der Waals surface area contributed by atoms with Crippen molar-refractivity contribution in [2.24, 2.45) is 23.5 Å². The van der Waals surface area contributed by atoms with Gasteiger partial charge in [-0.1, -0.05) is 118 Å². The molecule has 2 unspecified atom stereocenters. The average molecular weight is 1070 g/mol. The van der Waals surface area contributed by atoms with Crippen molar-refractivity contribution in [3.8, 4) is 0 Å². The van der Waals surface area contributed by atoms with Gasteiger partial charge in [0.25, 0.3) is 0 Å². The summed E-state index contributed by atoms with van der Waals surface area (Å²) < 4.78 is 21.8. The predicted octanol–water partition coefficient (Wildman–Crippen LogP) is 10.2. The summed E-state index contributed by atoms with van der Waals surface area (Å²) in [6, 6.07) is -0.560. The van der Waals surface area contributed by atoms with Crippen LogP contribution in [0.1, 0.15) is 241 Å². The number of nitrogens with one attached hydrogen (secondary N) is 3. The van der Waals surface area contributed by atoms with E-state index < -0.39 is 11.9 Å². The van der Waals surface area contributed by atoms with E-state index >= 15 is 0 Å². The van der Waals surface area contributed by atoms with Crippen molar-refractivity contribution >= 4 is 46.8 Å². The molecule has 2 atom stereocenters. The van der Waals surface area contributed by atoms with Gasteiger partial charge < -0.3 is 45.4 Å². The van der Waals surface area contributed by atoms with Gasteiger partial charge in [0.05, 0.1) is 39.1 Å². The van der Waals surface area contributed by atoms with Gasteiger partial charge in [-0.2, -0.15) is 0 Å². The molecule has 16 nitrogen and oxygen atoms in total. The minimum atomic E-state index is -0.560. The number of hydrogen-bond donors (Lipinski definition) is 4. The maximum atomic E-state index is 12.8. The first kappa shape index (κ1) is 73.5. The van der Waals surface area contributed by atoms with Gasteiger partial charge in [-0.05, 0) is 76.5 Å². The van der Waals surface area contributed by atoms with Crippen LogP contribution in [-0.4, -0.2) is 119 Å². The van der Waals surface area contributed by atoms with E-state index in [0.29, 0.717) is 142 Å². The third kappa shape index (κ3) is 56.4. The molecule has 16 heteroatoms. The molecule has 4 amide bonds. The Labute approximate surface area is 455 Å². The summed E-state index contributed by atoms with van der Waals surface area (Å²) in [5.41, 5.74) is 5.47. The smallest absolute Gasteiger partial charge is 0.220 e. The van der Waals surface area contributed by atoms with Crippen molar-refractivity contribution in [1.29, 1.82) is 0 Å². The first-order valence-corrected chi connectivity index (χ1v) is 29.4. The number of ether oxygens (including phenoxy) is 4. The lowest BCUT2D eigenvalue weighted by Gasteiger charge is -2.19. The van der Waals surface area contributed by atoms with E-state index in [1.807, 2.05) is 27.7 Å². The molecule has 0 spiro atoms. The molecule has 0 radical (unpaired) electrons. The van der Waals surface area contributed by atoms with Crippen molar-refractivity contribution < 1.29 is 57.3 Å². The number of rotatable bonds is 54. The second kappa shape index (κ2) is 53.8. The van der Waals surface area contributed by atoms with Crippen molar-refractivity contribution in [2.75, 3.05) is 65.9 Å². The lowest BCUT2D eigenvalue weighted by Crippen LogP contribution is -2.41. The number of unbranched alkanes of at least 4 members (excludes halogenated alkanes) is 14. The molecule has 0 aliphatic rings. The van der Waals surface area contributed by atoms with E-state index in [-0.39, 0.29) is 53.3 Å². The Morgan fingerprint density at radius 3 is 1.40 bits per heavy atom. The zero-order chi connectivity index (χ0) is 56.2. The van der Waals surface area contributed by atoms with Crippen LogP contribution >= 0.6 is 0 Å². The first-order chi connectivity index (χ1) is 36.0. The second-order valence-corrected chi connectivity index (χ2v) is 21.2. The Morgan fingerprint density at radius 1 is 0.427 bits per heavy atom. The van der Waals surface area contributed by atoms with Gasteiger partial charge in [-0.15, -0.1) is 0 Å². The molecule has 438 valence electrons. The van der Waals surface area contributed by atoms with Crippen LogP contribution in [-0.2, 0) is 57.3 Å².